The number of ether oxygens (including phenoxy) is 1. The third kappa shape index (κ3) is 14.2. The third-order valence-corrected chi connectivity index (χ3v) is 8.07. The van der Waals surface area contributed by atoms with E-state index in [1.54, 1.807) is 30.3 Å². The van der Waals surface area contributed by atoms with Crippen molar-refractivity contribution in [1.29, 1.82) is 5.26 Å². The van der Waals surface area contributed by atoms with E-state index in [9.17, 15) is 18.5 Å². The van der Waals surface area contributed by atoms with Crippen LogP contribution in [0, 0.1) is 11.3 Å². The number of hydrogen-bond donors (Lipinski definition) is 6. The van der Waals surface area contributed by atoms with Gasteiger partial charge in [-0.05, 0) is 108 Å². The van der Waals surface area contributed by atoms with Crippen molar-refractivity contribution in [3.05, 3.63) is 48.0 Å². The molecule has 0 bridgehead atoms. The SMILES string of the molecule is N#Cc1c(S)cccc1Oc1ccc(S(=O)(=O)NCCCCCC(=O)NCCCNCCCCNCCCN)cc1. The van der Waals surface area contributed by atoms with Crippen LogP contribution in [0.4, 0.5) is 0 Å². The van der Waals surface area contributed by atoms with Crippen LogP contribution in [-0.4, -0.2) is 60.1 Å². The molecule has 0 unspecified atom stereocenters. The second-order valence-corrected chi connectivity index (χ2v) is 11.8. The minimum absolute atomic E-state index is 0.0272. The predicted molar refractivity (Wildman–Crippen MR) is 165 cm³/mol. The molecule has 0 aliphatic rings. The van der Waals surface area contributed by atoms with E-state index in [4.69, 9.17) is 10.5 Å². The second kappa shape index (κ2) is 20.3. The Hall–Kier alpha value is -2.66. The topological polar surface area (TPSA) is 158 Å². The minimum Gasteiger partial charge on any atom is -0.456 e. The molecule has 0 heterocycles. The maximum Gasteiger partial charge on any atom is 0.240 e. The zero-order valence-electron chi connectivity index (χ0n) is 23.7. The van der Waals surface area contributed by atoms with Gasteiger partial charge in [-0.1, -0.05) is 12.5 Å². The van der Waals surface area contributed by atoms with Gasteiger partial charge in [0.25, 0.3) is 0 Å². The molecule has 0 saturated carbocycles. The predicted octanol–water partition coefficient (Wildman–Crippen LogP) is 3.29. The van der Waals surface area contributed by atoms with E-state index in [-0.39, 0.29) is 17.3 Å². The number of nitrogens with one attached hydrogen (secondary N) is 4. The molecule has 2 aromatic rings. The molecule has 10 nitrogen and oxygen atoms in total. The lowest BCUT2D eigenvalue weighted by Gasteiger charge is -2.10. The van der Waals surface area contributed by atoms with E-state index >= 15 is 0 Å². The van der Waals surface area contributed by atoms with E-state index in [1.165, 1.54) is 12.1 Å². The standard InChI is InChI=1S/C29H44N6O4S2/c30-16-7-19-32-17-4-5-18-33-20-8-21-34-29(36)11-2-1-3-22-35-41(37,38)25-14-12-24(13-15-25)39-27-9-6-10-28(40)26(27)23-31/h6,9-10,12-15,32-33,35,40H,1-5,7-8,11,16-22,30H2,(H,34,36). The number of sulfonamides is 1. The Balaban J connectivity index is 1.52. The minimum atomic E-state index is -3.67. The average molecular weight is 605 g/mol. The van der Waals surface area contributed by atoms with E-state index in [2.05, 4.69) is 39.4 Å². The van der Waals surface area contributed by atoms with Gasteiger partial charge in [0.1, 0.15) is 23.1 Å². The van der Waals surface area contributed by atoms with Crippen LogP contribution in [0.2, 0.25) is 0 Å². The highest BCUT2D eigenvalue weighted by atomic mass is 32.2. The number of rotatable bonds is 22. The van der Waals surface area contributed by atoms with Gasteiger partial charge in [0, 0.05) is 24.4 Å². The van der Waals surface area contributed by atoms with Crippen molar-refractivity contribution in [3.8, 4) is 17.6 Å². The number of hydrogen-bond acceptors (Lipinski definition) is 9. The van der Waals surface area contributed by atoms with E-state index in [0.29, 0.717) is 47.8 Å². The first-order valence-electron chi connectivity index (χ1n) is 14.2. The molecular weight excluding hydrogens is 560 g/mol. The van der Waals surface area contributed by atoms with Gasteiger partial charge >= 0.3 is 0 Å². The quantitative estimate of drug-likeness (QED) is 0.0883. The highest BCUT2D eigenvalue weighted by molar-refractivity contribution is 7.89. The zero-order valence-corrected chi connectivity index (χ0v) is 25.4. The molecule has 6 N–H and O–H groups in total. The maximum atomic E-state index is 12.6. The lowest BCUT2D eigenvalue weighted by molar-refractivity contribution is -0.121. The highest BCUT2D eigenvalue weighted by Gasteiger charge is 2.14. The van der Waals surface area contributed by atoms with E-state index < -0.39 is 10.0 Å². The molecular formula is C29H44N6O4S2. The first-order chi connectivity index (χ1) is 19.9. The average Bonchev–Trinajstić information content (AvgIpc) is 2.96. The number of nitrogens with two attached hydrogens (primary N) is 1. The fourth-order valence-corrected chi connectivity index (χ4v) is 5.24. The van der Waals surface area contributed by atoms with Gasteiger partial charge in [0.2, 0.25) is 15.9 Å². The first kappa shape index (κ1) is 34.5. The molecule has 0 atom stereocenters. The van der Waals surface area contributed by atoms with Crippen LogP contribution in [0.15, 0.2) is 52.3 Å². The van der Waals surface area contributed by atoms with Gasteiger partial charge in [-0.2, -0.15) is 5.26 Å². The second-order valence-electron chi connectivity index (χ2n) is 9.60. The summed E-state index contributed by atoms with van der Waals surface area (Å²) in [5, 5.41) is 19.0. The molecule has 226 valence electrons. The van der Waals surface area contributed by atoms with E-state index in [1.807, 2.05) is 0 Å². The van der Waals surface area contributed by atoms with Crippen LogP contribution in [0.3, 0.4) is 0 Å². The van der Waals surface area contributed by atoms with Crippen molar-refractivity contribution in [3.63, 3.8) is 0 Å². The van der Waals surface area contributed by atoms with Crippen molar-refractivity contribution in [2.45, 2.75) is 61.2 Å². The lowest BCUT2D eigenvalue weighted by Crippen LogP contribution is -2.27. The Bertz CT molecular complexity index is 1190. The fraction of sp³-hybridized carbons (Fsp3) is 0.517. The van der Waals surface area contributed by atoms with Crippen molar-refractivity contribution in [1.82, 2.24) is 20.7 Å². The molecule has 0 aliphatic carbocycles. The van der Waals surface area contributed by atoms with Gasteiger partial charge in [0.05, 0.1) is 4.90 Å². The number of benzene rings is 2. The summed E-state index contributed by atoms with van der Waals surface area (Å²) in [6, 6.07) is 13.1. The van der Waals surface area contributed by atoms with Crippen molar-refractivity contribution >= 4 is 28.6 Å². The smallest absolute Gasteiger partial charge is 0.240 e. The monoisotopic (exact) mass is 604 g/mol. The van der Waals surface area contributed by atoms with Crippen molar-refractivity contribution in [2.75, 3.05) is 45.8 Å². The van der Waals surface area contributed by atoms with Gasteiger partial charge in [0.15, 0.2) is 0 Å². The molecule has 41 heavy (non-hydrogen) atoms. The summed E-state index contributed by atoms with van der Waals surface area (Å²) >= 11 is 4.26. The fourth-order valence-electron chi connectivity index (χ4n) is 3.91. The first-order valence-corrected chi connectivity index (χ1v) is 16.2. The summed E-state index contributed by atoms with van der Waals surface area (Å²) in [6.45, 7) is 5.53. The summed E-state index contributed by atoms with van der Waals surface area (Å²) in [5.74, 6) is 0.787. The summed E-state index contributed by atoms with van der Waals surface area (Å²) in [7, 11) is -3.67. The van der Waals surface area contributed by atoms with Crippen LogP contribution >= 0.6 is 12.6 Å². The van der Waals surface area contributed by atoms with Gasteiger partial charge < -0.3 is 26.4 Å². The molecule has 0 saturated heterocycles. The summed E-state index contributed by atoms with van der Waals surface area (Å²) in [6.07, 6.45) is 6.68. The van der Waals surface area contributed by atoms with Crippen molar-refractivity contribution < 1.29 is 17.9 Å². The van der Waals surface area contributed by atoms with Crippen molar-refractivity contribution in [2.24, 2.45) is 5.73 Å². The Morgan fingerprint density at radius 1 is 0.854 bits per heavy atom. The number of thiol groups is 1. The number of nitrogens with zero attached hydrogens (tertiary/aromatic N) is 1. The Kier molecular flexibility index (Phi) is 17.1. The van der Waals surface area contributed by atoms with Crippen LogP contribution in [0.5, 0.6) is 11.5 Å². The lowest BCUT2D eigenvalue weighted by atomic mass is 10.2. The molecule has 0 fully saturated rings. The molecule has 2 aromatic carbocycles. The molecule has 0 spiro atoms. The third-order valence-electron chi connectivity index (χ3n) is 6.22. The maximum absolute atomic E-state index is 12.6. The zero-order chi connectivity index (χ0) is 29.8. The molecule has 0 radical (unpaired) electrons. The van der Waals surface area contributed by atoms with Gasteiger partial charge in [-0.3, -0.25) is 4.79 Å². The van der Waals surface area contributed by atoms with Crippen LogP contribution < -0.4 is 31.1 Å². The molecule has 12 heteroatoms. The van der Waals surface area contributed by atoms with Crippen LogP contribution in [-0.2, 0) is 14.8 Å². The summed E-state index contributed by atoms with van der Waals surface area (Å²) < 4.78 is 33.5. The molecule has 1 amide bonds. The number of amides is 1. The largest absolute Gasteiger partial charge is 0.456 e. The van der Waals surface area contributed by atoms with E-state index in [0.717, 1.165) is 64.8 Å². The summed E-state index contributed by atoms with van der Waals surface area (Å²) in [5.41, 5.74) is 5.77. The molecule has 0 aliphatic heterocycles. The number of carbonyl (C=O) groups is 1. The van der Waals surface area contributed by atoms with Gasteiger partial charge in [-0.25, -0.2) is 13.1 Å². The Morgan fingerprint density at radius 2 is 1.51 bits per heavy atom. The summed E-state index contributed by atoms with van der Waals surface area (Å²) in [4.78, 5) is 12.6. The van der Waals surface area contributed by atoms with Crippen LogP contribution in [0.1, 0.15) is 56.9 Å². The van der Waals surface area contributed by atoms with Gasteiger partial charge in [-0.15, -0.1) is 12.6 Å². The Labute approximate surface area is 250 Å². The highest BCUT2D eigenvalue weighted by Crippen LogP contribution is 2.29. The number of carbonyl (C=O) groups excluding carboxylic acids is 1. The normalized spacial score (nSPS) is 11.2. The molecule has 0 aromatic heterocycles. The molecule has 2 rings (SSSR count). The number of unbranched alkanes of at least 4 members (excludes halogenated alkanes) is 3. The Morgan fingerprint density at radius 3 is 2.20 bits per heavy atom. The number of nitriles is 1. The van der Waals surface area contributed by atoms with Crippen LogP contribution in [0.25, 0.3) is 0 Å².